The molecule has 2 aromatic heterocycles. The van der Waals surface area contributed by atoms with Crippen LogP contribution in [0.15, 0.2) is 104 Å². The first kappa shape index (κ1) is 26.2. The van der Waals surface area contributed by atoms with Gasteiger partial charge in [0.2, 0.25) is 0 Å². The number of amides is 1. The number of carbonyl (C=O) groups is 1. The van der Waals surface area contributed by atoms with Gasteiger partial charge >= 0.3 is 8.60 Å². The molecule has 0 unspecified atom stereocenters. The van der Waals surface area contributed by atoms with E-state index in [-0.39, 0.29) is 18.8 Å². The Kier molecular flexibility index (Phi) is 8.70. The van der Waals surface area contributed by atoms with Gasteiger partial charge < -0.3 is 23.7 Å². The number of hydrogen-bond donors (Lipinski definition) is 1. The highest BCUT2D eigenvalue weighted by Gasteiger charge is 2.19. The first-order chi connectivity index (χ1) is 19.2. The third-order valence-electron chi connectivity index (χ3n) is 5.48. The van der Waals surface area contributed by atoms with Gasteiger partial charge in [0.15, 0.2) is 23.8 Å². The maximum Gasteiger partial charge on any atom is 0.465 e. The molecule has 11 heteroatoms. The number of rotatable bonds is 12. The quantitative estimate of drug-likeness (QED) is 0.154. The Hall–Kier alpha value is -4.37. The van der Waals surface area contributed by atoms with E-state index < -0.39 is 8.60 Å². The summed E-state index contributed by atoms with van der Waals surface area (Å²) < 4.78 is 25.4. The number of anilines is 1. The molecule has 0 aliphatic heterocycles. The number of benzene rings is 3. The molecule has 1 N–H and O–H groups in total. The topological polar surface area (TPSA) is 110 Å². The molecule has 0 aliphatic rings. The van der Waals surface area contributed by atoms with Gasteiger partial charge in [-0.1, -0.05) is 54.6 Å². The van der Waals surface area contributed by atoms with E-state index in [1.54, 1.807) is 30.6 Å². The Balaban J connectivity index is 1.19. The highest BCUT2D eigenvalue weighted by atomic mass is 31.2. The number of fused-ring (bicyclic) bond motifs is 1. The lowest BCUT2D eigenvalue weighted by Crippen LogP contribution is -2.18. The van der Waals surface area contributed by atoms with E-state index in [9.17, 15) is 4.79 Å². The molecule has 0 saturated heterocycles. The Morgan fingerprint density at radius 2 is 1.49 bits per heavy atom. The maximum atomic E-state index is 12.6. The Morgan fingerprint density at radius 3 is 2.13 bits per heavy atom. The van der Waals surface area contributed by atoms with Crippen molar-refractivity contribution in [3.63, 3.8) is 0 Å². The zero-order chi connectivity index (χ0) is 26.9. The molecule has 39 heavy (non-hydrogen) atoms. The van der Waals surface area contributed by atoms with Gasteiger partial charge in [-0.3, -0.25) is 9.32 Å². The molecule has 0 fully saturated rings. The Labute approximate surface area is 226 Å². The maximum absolute atomic E-state index is 12.6. The molecule has 0 radical (unpaired) electrons. The van der Waals surface area contributed by atoms with Crippen molar-refractivity contribution in [2.24, 2.45) is 0 Å². The van der Waals surface area contributed by atoms with Gasteiger partial charge in [0.05, 0.1) is 19.0 Å². The lowest BCUT2D eigenvalue weighted by atomic mass is 10.2. The van der Waals surface area contributed by atoms with Crippen LogP contribution < -0.4 is 14.4 Å². The van der Waals surface area contributed by atoms with E-state index in [0.29, 0.717) is 40.6 Å². The van der Waals surface area contributed by atoms with Crippen molar-refractivity contribution in [1.82, 2.24) is 19.5 Å². The fraction of sp³-hybridized carbons (Fsp3) is 0.143. The first-order valence-corrected chi connectivity index (χ1v) is 13.3. The van der Waals surface area contributed by atoms with E-state index in [1.165, 1.54) is 6.33 Å². The van der Waals surface area contributed by atoms with E-state index in [4.69, 9.17) is 18.3 Å². The minimum atomic E-state index is -1.76. The van der Waals surface area contributed by atoms with Gasteiger partial charge in [-0.05, 0) is 43.3 Å². The average Bonchev–Trinajstić information content (AvgIpc) is 3.38. The molecule has 3 aromatic carbocycles. The van der Waals surface area contributed by atoms with Crippen LogP contribution in [0, 0.1) is 0 Å². The summed E-state index contributed by atoms with van der Waals surface area (Å²) in [5, 5.41) is 2.81. The molecule has 0 spiro atoms. The average molecular weight is 544 g/mol. The first-order valence-electron chi connectivity index (χ1n) is 12.2. The molecule has 198 valence electrons. The van der Waals surface area contributed by atoms with Crippen LogP contribution in [0.1, 0.15) is 17.3 Å². The van der Waals surface area contributed by atoms with Gasteiger partial charge in [0.1, 0.15) is 17.8 Å². The predicted molar refractivity (Wildman–Crippen MR) is 147 cm³/mol. The SMILES string of the molecule is C[C@H](Cn1cnc2c(NC(=O)c3ccccc3)ncnc21)OCOP(Oc1ccccc1)Oc1ccccc1. The minimum absolute atomic E-state index is 0.0491. The van der Waals surface area contributed by atoms with Crippen LogP contribution in [0.3, 0.4) is 0 Å². The van der Waals surface area contributed by atoms with E-state index >= 15 is 0 Å². The molecule has 0 bridgehead atoms. The smallest absolute Gasteiger partial charge is 0.418 e. The molecule has 5 aromatic rings. The van der Waals surface area contributed by atoms with Crippen LogP contribution >= 0.6 is 8.60 Å². The van der Waals surface area contributed by atoms with Crippen molar-refractivity contribution in [1.29, 1.82) is 0 Å². The summed E-state index contributed by atoms with van der Waals surface area (Å²) in [5.74, 6) is 1.33. The minimum Gasteiger partial charge on any atom is -0.418 e. The molecule has 2 heterocycles. The van der Waals surface area contributed by atoms with Crippen LogP contribution in [0.25, 0.3) is 11.2 Å². The fourth-order valence-electron chi connectivity index (χ4n) is 3.60. The highest BCUT2D eigenvalue weighted by Crippen LogP contribution is 2.41. The molecule has 10 nitrogen and oxygen atoms in total. The number of carbonyl (C=O) groups excluding carboxylic acids is 1. The standard InChI is InChI=1S/C28H26N5O5P/c1-21(35-20-36-39(37-23-13-7-3-8-14-23)38-24-15-9-4-10-16-24)17-33-19-31-25-26(29-18-30-27(25)33)32-28(34)22-11-5-2-6-12-22/h2-16,18-19,21H,17,20H2,1H3,(H,29,30,32,34)/t21-/m1/s1. The summed E-state index contributed by atoms with van der Waals surface area (Å²) in [7, 11) is -1.76. The van der Waals surface area contributed by atoms with Gasteiger partial charge in [-0.2, -0.15) is 0 Å². The lowest BCUT2D eigenvalue weighted by Gasteiger charge is -2.19. The van der Waals surface area contributed by atoms with E-state index in [1.807, 2.05) is 78.2 Å². The van der Waals surface area contributed by atoms with E-state index in [0.717, 1.165) is 0 Å². The number of nitrogens with zero attached hydrogens (tertiary/aromatic N) is 4. The molecule has 5 rings (SSSR count). The highest BCUT2D eigenvalue weighted by molar-refractivity contribution is 7.42. The summed E-state index contributed by atoms with van der Waals surface area (Å²) in [6, 6.07) is 27.6. The summed E-state index contributed by atoms with van der Waals surface area (Å²) in [6.45, 7) is 2.30. The molecular weight excluding hydrogens is 517 g/mol. The van der Waals surface area contributed by atoms with Crippen LogP contribution in [0.5, 0.6) is 11.5 Å². The Morgan fingerprint density at radius 1 is 0.872 bits per heavy atom. The van der Waals surface area contributed by atoms with Crippen LogP contribution in [0.4, 0.5) is 5.82 Å². The predicted octanol–water partition coefficient (Wildman–Crippen LogP) is 5.84. The van der Waals surface area contributed by atoms with Gasteiger partial charge in [-0.15, -0.1) is 0 Å². The number of aromatic nitrogens is 4. The lowest BCUT2D eigenvalue weighted by molar-refractivity contribution is -0.0368. The molecule has 1 amide bonds. The molecule has 0 saturated carbocycles. The van der Waals surface area contributed by atoms with Crippen molar-refractivity contribution in [3.8, 4) is 11.5 Å². The molecular formula is C28H26N5O5P. The van der Waals surface area contributed by atoms with Gasteiger partial charge in [0, 0.05) is 5.56 Å². The van der Waals surface area contributed by atoms with Crippen molar-refractivity contribution >= 4 is 31.5 Å². The number of hydrogen-bond acceptors (Lipinski definition) is 8. The zero-order valence-corrected chi connectivity index (χ0v) is 22.0. The van der Waals surface area contributed by atoms with Crippen molar-refractivity contribution in [3.05, 3.63) is 109 Å². The normalized spacial score (nSPS) is 11.8. The van der Waals surface area contributed by atoms with Crippen LogP contribution in [0.2, 0.25) is 0 Å². The summed E-state index contributed by atoms with van der Waals surface area (Å²) in [5.41, 5.74) is 1.59. The fourth-order valence-corrected chi connectivity index (χ4v) is 4.48. The van der Waals surface area contributed by atoms with Gasteiger partial charge in [0.25, 0.3) is 5.91 Å². The summed E-state index contributed by atoms with van der Waals surface area (Å²) in [6.07, 6.45) is 2.78. The van der Waals surface area contributed by atoms with Crippen molar-refractivity contribution in [2.75, 3.05) is 12.1 Å². The third kappa shape index (κ3) is 7.14. The van der Waals surface area contributed by atoms with Crippen LogP contribution in [-0.2, 0) is 15.8 Å². The molecule has 0 aliphatic carbocycles. The number of nitrogens with one attached hydrogen (secondary N) is 1. The zero-order valence-electron chi connectivity index (χ0n) is 21.1. The number of imidazole rings is 1. The number of para-hydroxylation sites is 2. The largest absolute Gasteiger partial charge is 0.465 e. The van der Waals surface area contributed by atoms with Crippen molar-refractivity contribution < 1.29 is 23.1 Å². The van der Waals surface area contributed by atoms with Crippen molar-refractivity contribution in [2.45, 2.75) is 19.6 Å². The van der Waals surface area contributed by atoms with E-state index in [2.05, 4.69) is 20.3 Å². The number of ether oxygens (including phenoxy) is 1. The van der Waals surface area contributed by atoms with Gasteiger partial charge in [-0.25, -0.2) is 15.0 Å². The van der Waals surface area contributed by atoms with Crippen LogP contribution in [-0.4, -0.2) is 38.3 Å². The second-order valence-corrected chi connectivity index (χ2v) is 9.44. The second kappa shape index (κ2) is 12.9. The Bertz CT molecular complexity index is 1450. The molecule has 1 atom stereocenters. The monoisotopic (exact) mass is 543 g/mol. The summed E-state index contributed by atoms with van der Waals surface area (Å²) in [4.78, 5) is 25.6. The second-order valence-electron chi connectivity index (χ2n) is 8.37. The summed E-state index contributed by atoms with van der Waals surface area (Å²) >= 11 is 0. The third-order valence-corrected chi connectivity index (χ3v) is 6.52.